The number of H-pyrrole nitrogens is 2. The molecule has 85 heavy (non-hydrogen) atoms. The summed E-state index contributed by atoms with van der Waals surface area (Å²) in [6.45, 7) is 12.3. The molecule has 5 aromatic carbocycles. The van der Waals surface area contributed by atoms with Gasteiger partial charge in [0.2, 0.25) is 0 Å². The molecule has 0 amide bonds. The largest absolute Gasteiger partial charge is 0.493 e. The van der Waals surface area contributed by atoms with Crippen LogP contribution in [0, 0.1) is 18.8 Å². The van der Waals surface area contributed by atoms with Gasteiger partial charge in [0.15, 0.2) is 0 Å². The van der Waals surface area contributed by atoms with Crippen LogP contribution in [0.4, 0.5) is 41.6 Å². The van der Waals surface area contributed by atoms with Gasteiger partial charge in [-0.05, 0) is 201 Å². The van der Waals surface area contributed by atoms with Gasteiger partial charge in [-0.15, -0.1) is 0 Å². The Morgan fingerprint density at radius 3 is 1.42 bits per heavy atom. The summed E-state index contributed by atoms with van der Waals surface area (Å²) in [6.07, 6.45) is 20.0. The monoisotopic (exact) mass is 1140 g/mol. The fraction of sp³-hybridized carbons (Fsp3) is 0.270. The topological polar surface area (TPSA) is 82.3 Å². The van der Waals surface area contributed by atoms with Gasteiger partial charge < -0.3 is 29.2 Å². The summed E-state index contributed by atoms with van der Waals surface area (Å²) in [5, 5.41) is 0. The van der Waals surface area contributed by atoms with Crippen molar-refractivity contribution in [2.75, 3.05) is 23.0 Å². The summed E-state index contributed by atoms with van der Waals surface area (Å²) in [5.74, 6) is 2.71. The molecule has 8 aromatic rings. The first-order valence-corrected chi connectivity index (χ1v) is 30.4. The maximum absolute atomic E-state index is 15.8. The Balaban J connectivity index is 0.973. The Morgan fingerprint density at radius 2 is 0.929 bits per heavy atom. The number of aryl methyl sites for hydroxylation is 1. The molecule has 5 heterocycles. The number of benzene rings is 5. The lowest BCUT2D eigenvalue weighted by Crippen LogP contribution is -2.16. The van der Waals surface area contributed by atoms with Gasteiger partial charge in [-0.2, -0.15) is 13.2 Å². The normalized spacial score (nSPS) is 13.6. The van der Waals surface area contributed by atoms with Gasteiger partial charge in [0.25, 0.3) is 0 Å². The highest BCUT2D eigenvalue weighted by Crippen LogP contribution is 2.42. The molecule has 3 aliphatic rings. The van der Waals surface area contributed by atoms with Crippen molar-refractivity contribution in [1.29, 1.82) is 0 Å². The van der Waals surface area contributed by atoms with E-state index in [9.17, 15) is 0 Å². The molecule has 3 aromatic heterocycles. The molecule has 0 radical (unpaired) electrons. The van der Waals surface area contributed by atoms with E-state index in [-0.39, 0.29) is 11.2 Å². The quantitative estimate of drug-likeness (QED) is 0.0704. The second-order valence-electron chi connectivity index (χ2n) is 22.4. The average molecular weight is 1140 g/mol. The third kappa shape index (κ3) is 13.1. The van der Waals surface area contributed by atoms with E-state index >= 15 is 13.2 Å². The van der Waals surface area contributed by atoms with Crippen molar-refractivity contribution in [2.45, 2.75) is 105 Å². The molecule has 0 saturated carbocycles. The van der Waals surface area contributed by atoms with Crippen LogP contribution in [0.3, 0.4) is 0 Å². The molecule has 2 N–H and O–H groups in total. The third-order valence-corrected chi connectivity index (χ3v) is 16.6. The first-order valence-electron chi connectivity index (χ1n) is 30.4. The number of aromatic amines is 2. The Bertz CT molecular complexity index is 3890. The number of fused-ring (bicyclic) bond motifs is 8. The predicted octanol–water partition coefficient (Wildman–Crippen LogP) is 21.3. The maximum atomic E-state index is 15.8. The van der Waals surface area contributed by atoms with Gasteiger partial charge in [0.05, 0.1) is 41.5 Å². The molecule has 8 bridgehead atoms. The predicted molar refractivity (Wildman–Crippen MR) is 347 cm³/mol. The molecule has 0 saturated heterocycles. The van der Waals surface area contributed by atoms with E-state index in [0.29, 0.717) is 58.6 Å². The second kappa shape index (κ2) is 26.4. The van der Waals surface area contributed by atoms with Gasteiger partial charge in [-0.1, -0.05) is 121 Å². The van der Waals surface area contributed by atoms with Crippen molar-refractivity contribution in [3.63, 3.8) is 0 Å². The van der Waals surface area contributed by atoms with Crippen LogP contribution < -0.4 is 19.3 Å². The first kappa shape index (κ1) is 58.0. The van der Waals surface area contributed by atoms with E-state index in [1.807, 2.05) is 110 Å². The van der Waals surface area contributed by atoms with E-state index in [2.05, 4.69) is 114 Å². The van der Waals surface area contributed by atoms with Crippen molar-refractivity contribution in [3.8, 4) is 33.8 Å². The van der Waals surface area contributed by atoms with Crippen molar-refractivity contribution < 1.29 is 22.6 Å². The van der Waals surface area contributed by atoms with Crippen molar-refractivity contribution in [3.05, 3.63) is 209 Å². The van der Waals surface area contributed by atoms with Gasteiger partial charge >= 0.3 is 6.18 Å². The number of ether oxygens (including phenoxy) is 2. The molecular formula is C74H75F3N6O2. The van der Waals surface area contributed by atoms with Gasteiger partial charge in [0.1, 0.15) is 17.1 Å². The number of alkyl halides is 3. The minimum absolute atomic E-state index is 0.102. The van der Waals surface area contributed by atoms with Gasteiger partial charge in [-0.3, -0.25) is 0 Å². The van der Waals surface area contributed by atoms with Crippen LogP contribution in [-0.4, -0.2) is 33.1 Å². The Labute approximate surface area is 498 Å². The number of anilines is 5. The highest BCUT2D eigenvalue weighted by Gasteiger charge is 2.36. The summed E-state index contributed by atoms with van der Waals surface area (Å²) in [4.78, 5) is 21.4. The van der Waals surface area contributed by atoms with Crippen LogP contribution in [0.1, 0.15) is 126 Å². The number of rotatable bonds is 22. The summed E-state index contributed by atoms with van der Waals surface area (Å²) in [5.41, 5.74) is 12.2. The number of nitrogens with one attached hydrogen (secondary N) is 2. The van der Waals surface area contributed by atoms with E-state index in [1.54, 1.807) is 12.1 Å². The maximum Gasteiger partial charge on any atom is 0.420 e. The SMILES string of the molecule is CCCCC(CC)COc1ccc(N(C2=CCCC=C2)c2ccc(-c3c4nc(c(C)c5ccc([nH]5)c(-c5ccc(N(c6ccccc6)c6ccc(OCC(CC)CCCC)cc6)cc5)c5nc(c(C(F)(F)F)c6ccc3[nH]6)C=C5)C=C4)cc2)cc1. The molecule has 1 aliphatic carbocycles. The lowest BCUT2D eigenvalue weighted by atomic mass is 10.0. The number of halogens is 3. The van der Waals surface area contributed by atoms with Gasteiger partial charge in [-0.25, -0.2) is 9.97 Å². The van der Waals surface area contributed by atoms with Crippen molar-refractivity contribution in [2.24, 2.45) is 11.8 Å². The van der Waals surface area contributed by atoms with Crippen molar-refractivity contribution in [1.82, 2.24) is 19.9 Å². The molecule has 2 aliphatic heterocycles. The number of aromatic nitrogens is 4. The molecule has 11 rings (SSSR count). The highest BCUT2D eigenvalue weighted by molar-refractivity contribution is 5.95. The fourth-order valence-corrected chi connectivity index (χ4v) is 11.7. The van der Waals surface area contributed by atoms with E-state index < -0.39 is 11.7 Å². The standard InChI is InChI=1S/C74H75F3N6O2/c1-6-10-18-51(8-3)48-84-61-36-32-59(33-37-61)82(55-20-14-12-15-21-55)57-28-24-53(25-29-57)71-65-42-40-63(78-65)50(5)64-41-43-66(79-64)72(68-45-47-70(81-68)73(74(75,76)77)69-46-44-67(71)80-69)54-26-30-58(31-27-54)83(56-22-16-13-17-23-56)60-34-38-62(39-35-60)85-49-52(9-4)19-11-7-2/h12,14-16,20-47,51-52,78,81H,6-11,13,17-19,48-49H2,1-5H3. The number of hydrogen-bond acceptors (Lipinski definition) is 6. The van der Waals surface area contributed by atoms with E-state index in [1.165, 1.54) is 37.8 Å². The molecular weight excluding hydrogens is 1060 g/mol. The van der Waals surface area contributed by atoms with Crippen LogP contribution in [0.25, 0.3) is 68.6 Å². The van der Waals surface area contributed by atoms with Gasteiger partial charge in [0, 0.05) is 61.8 Å². The second-order valence-corrected chi connectivity index (χ2v) is 22.4. The molecule has 434 valence electrons. The van der Waals surface area contributed by atoms with Crippen LogP contribution in [-0.2, 0) is 6.18 Å². The lowest BCUT2D eigenvalue weighted by Gasteiger charge is -2.28. The smallest absolute Gasteiger partial charge is 0.420 e. The molecule has 0 fully saturated rings. The molecule has 0 spiro atoms. The number of para-hydroxylation sites is 1. The van der Waals surface area contributed by atoms with Crippen LogP contribution >= 0.6 is 0 Å². The fourth-order valence-electron chi connectivity index (χ4n) is 11.7. The summed E-state index contributed by atoms with van der Waals surface area (Å²) in [6, 6.07) is 50.1. The number of nitrogens with zero attached hydrogens (tertiary/aromatic N) is 4. The number of allylic oxidation sites excluding steroid dienone is 3. The summed E-state index contributed by atoms with van der Waals surface area (Å²) < 4.78 is 59.9. The molecule has 2 atom stereocenters. The van der Waals surface area contributed by atoms with E-state index in [4.69, 9.17) is 19.4 Å². The van der Waals surface area contributed by atoms with E-state index in [0.717, 1.165) is 112 Å². The molecule has 8 nitrogen and oxygen atoms in total. The number of unbranched alkanes of at least 4 members (excludes halogenated alkanes) is 2. The zero-order chi connectivity index (χ0) is 58.9. The molecule has 2 unspecified atom stereocenters. The Kier molecular flexibility index (Phi) is 18.0. The van der Waals surface area contributed by atoms with Crippen LogP contribution in [0.15, 0.2) is 176 Å². The average Bonchev–Trinajstić information content (AvgIpc) is 3.09. The lowest BCUT2D eigenvalue weighted by molar-refractivity contribution is -0.136. The van der Waals surface area contributed by atoms with Crippen molar-refractivity contribution >= 4 is 74.8 Å². The third-order valence-electron chi connectivity index (χ3n) is 16.6. The zero-order valence-electron chi connectivity index (χ0n) is 49.4. The summed E-state index contributed by atoms with van der Waals surface area (Å²) >= 11 is 0. The zero-order valence-corrected chi connectivity index (χ0v) is 49.4. The van der Waals surface area contributed by atoms with Crippen LogP contribution in [0.2, 0.25) is 0 Å². The highest BCUT2D eigenvalue weighted by atomic mass is 19.4. The first-order chi connectivity index (χ1) is 41.5. The minimum atomic E-state index is -4.77. The molecule has 11 heteroatoms. The summed E-state index contributed by atoms with van der Waals surface area (Å²) in [7, 11) is 0. The minimum Gasteiger partial charge on any atom is -0.493 e. The Morgan fingerprint density at radius 1 is 0.482 bits per heavy atom. The Hall–Kier alpha value is -8.83. The number of hydrogen-bond donors (Lipinski definition) is 2. The van der Waals surface area contributed by atoms with Crippen LogP contribution in [0.5, 0.6) is 11.5 Å².